The SMILES string of the molecule is CC(C)(C)OC(=O)N1CCC1.COc1cncc(-c2cccc(CCCO)c2)c1. The summed E-state index contributed by atoms with van der Waals surface area (Å²) in [5.74, 6) is 0.758. The van der Waals surface area contributed by atoms with Crippen LogP contribution >= 0.6 is 0 Å². The van der Waals surface area contributed by atoms with Crippen molar-refractivity contribution in [1.82, 2.24) is 9.88 Å². The van der Waals surface area contributed by atoms with Crippen LogP contribution in [0.2, 0.25) is 0 Å². The number of hydrogen-bond acceptors (Lipinski definition) is 5. The number of carbonyl (C=O) groups is 1. The number of aryl methyl sites for hydroxylation is 1. The first-order valence-corrected chi connectivity index (χ1v) is 9.99. The number of aromatic nitrogens is 1. The van der Waals surface area contributed by atoms with Crippen LogP contribution in [-0.4, -0.2) is 53.5 Å². The number of aliphatic hydroxyl groups excluding tert-OH is 1. The highest BCUT2D eigenvalue weighted by Gasteiger charge is 2.25. The van der Waals surface area contributed by atoms with Crippen LogP contribution in [0.3, 0.4) is 0 Å². The van der Waals surface area contributed by atoms with E-state index in [1.54, 1.807) is 18.2 Å². The van der Waals surface area contributed by atoms with Crippen LogP contribution in [0.15, 0.2) is 42.7 Å². The van der Waals surface area contributed by atoms with Crippen molar-refractivity contribution in [1.29, 1.82) is 0 Å². The van der Waals surface area contributed by atoms with Gasteiger partial charge in [0.2, 0.25) is 0 Å². The maximum Gasteiger partial charge on any atom is 0.410 e. The predicted molar refractivity (Wildman–Crippen MR) is 114 cm³/mol. The molecule has 6 nitrogen and oxygen atoms in total. The summed E-state index contributed by atoms with van der Waals surface area (Å²) in [6.45, 7) is 7.58. The molecule has 0 atom stereocenters. The molecule has 2 heterocycles. The smallest absolute Gasteiger partial charge is 0.410 e. The Balaban J connectivity index is 0.000000234. The van der Waals surface area contributed by atoms with Crippen LogP contribution in [-0.2, 0) is 11.2 Å². The third-order valence-corrected chi connectivity index (χ3v) is 4.34. The van der Waals surface area contributed by atoms with Gasteiger partial charge in [-0.05, 0) is 57.2 Å². The molecule has 0 radical (unpaired) electrons. The highest BCUT2D eigenvalue weighted by molar-refractivity contribution is 5.68. The van der Waals surface area contributed by atoms with Crippen LogP contribution in [0.4, 0.5) is 4.79 Å². The topological polar surface area (TPSA) is 71.9 Å². The van der Waals surface area contributed by atoms with Gasteiger partial charge in [-0.1, -0.05) is 24.3 Å². The molecule has 1 amide bonds. The maximum atomic E-state index is 11.1. The first kappa shape index (κ1) is 22.7. The number of rotatable bonds is 5. The van der Waals surface area contributed by atoms with Gasteiger partial charge in [-0.3, -0.25) is 4.98 Å². The Morgan fingerprint density at radius 1 is 1.17 bits per heavy atom. The summed E-state index contributed by atoms with van der Waals surface area (Å²) in [4.78, 5) is 17.0. The number of benzene rings is 1. The van der Waals surface area contributed by atoms with Crippen molar-refractivity contribution >= 4 is 6.09 Å². The van der Waals surface area contributed by atoms with Crippen molar-refractivity contribution in [2.45, 2.75) is 45.6 Å². The Morgan fingerprint density at radius 2 is 1.93 bits per heavy atom. The second-order valence-electron chi connectivity index (χ2n) is 7.96. The Labute approximate surface area is 173 Å². The molecule has 1 fully saturated rings. The average Bonchev–Trinajstić information content (AvgIpc) is 2.64. The zero-order valence-electron chi connectivity index (χ0n) is 17.9. The fourth-order valence-electron chi connectivity index (χ4n) is 2.70. The summed E-state index contributed by atoms with van der Waals surface area (Å²) >= 11 is 0. The van der Waals surface area contributed by atoms with Gasteiger partial charge in [0.05, 0.1) is 13.3 Å². The zero-order valence-corrected chi connectivity index (χ0v) is 17.9. The van der Waals surface area contributed by atoms with Crippen LogP contribution < -0.4 is 4.74 Å². The van der Waals surface area contributed by atoms with Crippen molar-refractivity contribution in [2.24, 2.45) is 0 Å². The van der Waals surface area contributed by atoms with E-state index in [1.165, 1.54) is 5.56 Å². The first-order chi connectivity index (χ1) is 13.8. The number of methoxy groups -OCH3 is 1. The Bertz CT molecular complexity index is 782. The van der Waals surface area contributed by atoms with Crippen molar-refractivity contribution in [3.8, 4) is 16.9 Å². The minimum absolute atomic E-state index is 0.177. The fourth-order valence-corrected chi connectivity index (χ4v) is 2.70. The minimum atomic E-state index is -0.354. The lowest BCUT2D eigenvalue weighted by atomic mass is 10.0. The van der Waals surface area contributed by atoms with Gasteiger partial charge < -0.3 is 19.5 Å². The molecule has 3 rings (SSSR count). The van der Waals surface area contributed by atoms with Crippen LogP contribution in [0, 0.1) is 0 Å². The van der Waals surface area contributed by atoms with Gasteiger partial charge in [0.1, 0.15) is 11.4 Å². The van der Waals surface area contributed by atoms with E-state index in [2.05, 4.69) is 23.2 Å². The van der Waals surface area contributed by atoms with Gasteiger partial charge in [-0.25, -0.2) is 4.79 Å². The molecule has 29 heavy (non-hydrogen) atoms. The largest absolute Gasteiger partial charge is 0.495 e. The molecule has 1 aliphatic rings. The van der Waals surface area contributed by atoms with Crippen LogP contribution in [0.1, 0.15) is 39.2 Å². The van der Waals surface area contributed by atoms with Crippen molar-refractivity contribution in [3.63, 3.8) is 0 Å². The minimum Gasteiger partial charge on any atom is -0.495 e. The van der Waals surface area contributed by atoms with E-state index in [1.807, 2.05) is 39.1 Å². The molecule has 1 aromatic heterocycles. The maximum absolute atomic E-state index is 11.1. The van der Waals surface area contributed by atoms with Gasteiger partial charge in [0.25, 0.3) is 0 Å². The number of pyridine rings is 1. The molecule has 1 N–H and O–H groups in total. The summed E-state index contributed by atoms with van der Waals surface area (Å²) in [7, 11) is 1.64. The van der Waals surface area contributed by atoms with Gasteiger partial charge in [0, 0.05) is 31.5 Å². The summed E-state index contributed by atoms with van der Waals surface area (Å²) in [6.07, 6.45) is 6.14. The molecule has 0 saturated carbocycles. The first-order valence-electron chi connectivity index (χ1n) is 9.99. The van der Waals surface area contributed by atoms with E-state index >= 15 is 0 Å². The Hall–Kier alpha value is -2.60. The van der Waals surface area contributed by atoms with E-state index < -0.39 is 0 Å². The molecular formula is C23H32N2O4. The quantitative estimate of drug-likeness (QED) is 0.810. The fraction of sp³-hybridized carbons (Fsp3) is 0.478. The van der Waals surface area contributed by atoms with Crippen LogP contribution in [0.5, 0.6) is 5.75 Å². The molecule has 0 spiro atoms. The molecule has 0 aliphatic carbocycles. The van der Waals surface area contributed by atoms with E-state index in [0.29, 0.717) is 0 Å². The Kier molecular flexibility index (Phi) is 8.46. The molecule has 0 unspecified atom stereocenters. The molecule has 1 saturated heterocycles. The van der Waals surface area contributed by atoms with Crippen LogP contribution in [0.25, 0.3) is 11.1 Å². The van der Waals surface area contributed by atoms with E-state index in [-0.39, 0.29) is 18.3 Å². The Morgan fingerprint density at radius 3 is 2.52 bits per heavy atom. The van der Waals surface area contributed by atoms with Crippen molar-refractivity contribution in [2.75, 3.05) is 26.8 Å². The summed E-state index contributed by atoms with van der Waals surface area (Å²) in [5, 5.41) is 8.86. The van der Waals surface area contributed by atoms with E-state index in [4.69, 9.17) is 14.6 Å². The number of hydrogen-bond donors (Lipinski definition) is 1. The van der Waals surface area contributed by atoms with E-state index in [9.17, 15) is 4.79 Å². The summed E-state index contributed by atoms with van der Waals surface area (Å²) < 4.78 is 10.3. The van der Waals surface area contributed by atoms with E-state index in [0.717, 1.165) is 49.2 Å². The number of amides is 1. The molecule has 1 aromatic carbocycles. The van der Waals surface area contributed by atoms with Gasteiger partial charge >= 0.3 is 6.09 Å². The number of likely N-dealkylation sites (tertiary alicyclic amines) is 1. The lowest BCUT2D eigenvalue weighted by Crippen LogP contribution is -2.44. The predicted octanol–water partition coefficient (Wildman–Crippen LogP) is 4.31. The summed E-state index contributed by atoms with van der Waals surface area (Å²) in [5.41, 5.74) is 3.04. The third kappa shape index (κ3) is 7.74. The third-order valence-electron chi connectivity index (χ3n) is 4.34. The van der Waals surface area contributed by atoms with Crippen molar-refractivity contribution in [3.05, 3.63) is 48.3 Å². The molecule has 1 aliphatic heterocycles. The summed E-state index contributed by atoms with van der Waals surface area (Å²) in [6, 6.07) is 10.3. The number of aliphatic hydroxyl groups is 1. The number of ether oxygens (including phenoxy) is 2. The van der Waals surface area contributed by atoms with Gasteiger partial charge in [-0.2, -0.15) is 0 Å². The standard InChI is InChI=1S/C15H17NO2.C8H15NO2/c1-18-15-9-14(10-16-11-15)13-6-2-4-12(8-13)5-3-7-17;1-8(2,3)11-7(10)9-5-4-6-9/h2,4,6,8-11,17H,3,5,7H2,1H3;4-6H2,1-3H3. The molecule has 158 valence electrons. The molecule has 0 bridgehead atoms. The van der Waals surface area contributed by atoms with Gasteiger partial charge in [0.15, 0.2) is 0 Å². The zero-order chi connectivity index (χ0) is 21.3. The second-order valence-corrected chi connectivity index (χ2v) is 7.96. The lowest BCUT2D eigenvalue weighted by molar-refractivity contribution is 0.0131. The lowest BCUT2D eigenvalue weighted by Gasteiger charge is -2.32. The molecular weight excluding hydrogens is 368 g/mol. The van der Waals surface area contributed by atoms with Gasteiger partial charge in [-0.15, -0.1) is 0 Å². The van der Waals surface area contributed by atoms with Crippen molar-refractivity contribution < 1.29 is 19.4 Å². The molecule has 6 heteroatoms. The monoisotopic (exact) mass is 400 g/mol. The normalized spacial score (nSPS) is 13.1. The second kappa shape index (κ2) is 10.8. The highest BCUT2D eigenvalue weighted by atomic mass is 16.6. The molecule has 2 aromatic rings. The number of nitrogens with zero attached hydrogens (tertiary/aromatic N) is 2. The number of carbonyl (C=O) groups excluding carboxylic acids is 1. The average molecular weight is 401 g/mol. The highest BCUT2D eigenvalue weighted by Crippen LogP contribution is 2.23.